The largest absolute Gasteiger partial charge is 0.417 e. The molecule has 0 aliphatic heterocycles. The maximum absolute atomic E-state index is 12.9. The minimum atomic E-state index is -4.81. The molecule has 1 aromatic carbocycles. The Morgan fingerprint density at radius 1 is 1.17 bits per heavy atom. The van der Waals surface area contributed by atoms with Crippen LogP contribution in [0.5, 0.6) is 0 Å². The van der Waals surface area contributed by atoms with Crippen LogP contribution in [0.4, 0.5) is 26.3 Å². The molecule has 0 amide bonds. The lowest BCUT2D eigenvalue weighted by Crippen LogP contribution is -2.30. The van der Waals surface area contributed by atoms with E-state index in [1.54, 1.807) is 0 Å². The highest BCUT2D eigenvalue weighted by molar-refractivity contribution is 7.90. The molecule has 0 aromatic heterocycles. The monoisotopic (exact) mass is 373 g/mol. The molecule has 0 aliphatic carbocycles. The van der Waals surface area contributed by atoms with Crippen LogP contribution in [0, 0.1) is 17.2 Å². The molecule has 134 valence electrons. The second kappa shape index (κ2) is 7.01. The van der Waals surface area contributed by atoms with Crippen molar-refractivity contribution in [2.75, 3.05) is 12.0 Å². The van der Waals surface area contributed by atoms with Gasteiger partial charge in [0.2, 0.25) is 0 Å². The fraction of sp³-hybridized carbons (Fsp3) is 0.500. The van der Waals surface area contributed by atoms with Crippen molar-refractivity contribution in [1.82, 2.24) is 0 Å². The van der Waals surface area contributed by atoms with E-state index in [1.807, 2.05) is 0 Å². The van der Waals surface area contributed by atoms with Gasteiger partial charge < -0.3 is 0 Å². The average molecular weight is 373 g/mol. The fourth-order valence-electron chi connectivity index (χ4n) is 2.13. The summed E-state index contributed by atoms with van der Waals surface area (Å²) >= 11 is 0. The number of nitriles is 1. The van der Waals surface area contributed by atoms with E-state index in [9.17, 15) is 34.8 Å². The zero-order chi connectivity index (χ0) is 18.8. The van der Waals surface area contributed by atoms with Crippen molar-refractivity contribution in [2.45, 2.75) is 25.2 Å². The van der Waals surface area contributed by atoms with Crippen LogP contribution in [0.15, 0.2) is 18.2 Å². The van der Waals surface area contributed by atoms with Gasteiger partial charge >= 0.3 is 12.4 Å². The Labute approximate surface area is 134 Å². The van der Waals surface area contributed by atoms with Gasteiger partial charge in [-0.3, -0.25) is 0 Å². The Morgan fingerprint density at radius 3 is 2.17 bits per heavy atom. The third-order valence-electron chi connectivity index (χ3n) is 3.26. The number of hydrogen-bond acceptors (Lipinski definition) is 3. The molecule has 24 heavy (non-hydrogen) atoms. The van der Waals surface area contributed by atoms with Gasteiger partial charge in [-0.15, -0.1) is 0 Å². The van der Waals surface area contributed by atoms with Gasteiger partial charge in [-0.25, -0.2) is 8.42 Å². The van der Waals surface area contributed by atoms with Crippen molar-refractivity contribution in [3.8, 4) is 6.07 Å². The summed E-state index contributed by atoms with van der Waals surface area (Å²) in [5.74, 6) is -3.30. The summed E-state index contributed by atoms with van der Waals surface area (Å²) in [6.45, 7) is 0. The van der Waals surface area contributed by atoms with Gasteiger partial charge in [0.25, 0.3) is 0 Å². The summed E-state index contributed by atoms with van der Waals surface area (Å²) in [5.41, 5.74) is -1.91. The number of halogens is 6. The minimum Gasteiger partial charge on any atom is -0.229 e. The molecular formula is C14H13F6NO2S. The third-order valence-corrected chi connectivity index (χ3v) is 4.27. The summed E-state index contributed by atoms with van der Waals surface area (Å²) in [6.07, 6.45) is -9.98. The zero-order valence-electron chi connectivity index (χ0n) is 12.4. The molecule has 1 aromatic rings. The fourth-order valence-corrected chi connectivity index (χ4v) is 3.21. The molecular weight excluding hydrogens is 360 g/mol. The summed E-state index contributed by atoms with van der Waals surface area (Å²) in [7, 11) is -3.90. The Hall–Kier alpha value is -1.76. The maximum atomic E-state index is 12.9. The first-order valence-corrected chi connectivity index (χ1v) is 8.65. The van der Waals surface area contributed by atoms with Crippen LogP contribution in [-0.2, 0) is 22.4 Å². The Balaban J connectivity index is 3.02. The molecule has 0 saturated carbocycles. The van der Waals surface area contributed by atoms with Crippen LogP contribution in [0.25, 0.3) is 0 Å². The number of sulfone groups is 1. The molecule has 0 bridgehead atoms. The number of rotatable bonds is 5. The summed E-state index contributed by atoms with van der Waals surface area (Å²) < 4.78 is 99.2. The van der Waals surface area contributed by atoms with E-state index in [1.165, 1.54) is 6.07 Å². The van der Waals surface area contributed by atoms with Gasteiger partial charge in [-0.1, -0.05) is 6.07 Å². The smallest absolute Gasteiger partial charge is 0.229 e. The van der Waals surface area contributed by atoms with Crippen molar-refractivity contribution in [1.29, 1.82) is 5.26 Å². The number of nitrogens with zero attached hydrogens (tertiary/aromatic N) is 1. The first kappa shape index (κ1) is 20.3. The van der Waals surface area contributed by atoms with E-state index in [0.717, 1.165) is 12.1 Å². The quantitative estimate of drug-likeness (QED) is 0.739. The molecule has 0 heterocycles. The highest BCUT2D eigenvalue weighted by Gasteiger charge is 2.41. The molecule has 0 N–H and O–H groups in total. The second-order valence-corrected chi connectivity index (χ2v) is 7.54. The van der Waals surface area contributed by atoms with Crippen LogP contribution in [-0.4, -0.2) is 26.6 Å². The van der Waals surface area contributed by atoms with E-state index in [0.29, 0.717) is 12.3 Å². The van der Waals surface area contributed by atoms with Crippen LogP contribution in [0.2, 0.25) is 0 Å². The normalized spacial score (nSPS) is 14.2. The summed E-state index contributed by atoms with van der Waals surface area (Å²) in [5, 5.41) is 8.66. The van der Waals surface area contributed by atoms with Crippen molar-refractivity contribution < 1.29 is 34.8 Å². The van der Waals surface area contributed by atoms with Gasteiger partial charge in [-0.05, 0) is 30.5 Å². The Bertz CT molecular complexity index is 731. The molecule has 0 saturated heterocycles. The van der Waals surface area contributed by atoms with E-state index in [4.69, 9.17) is 5.26 Å². The number of hydrogen-bond donors (Lipinski definition) is 0. The zero-order valence-corrected chi connectivity index (χ0v) is 13.2. The topological polar surface area (TPSA) is 57.9 Å². The summed E-state index contributed by atoms with van der Waals surface area (Å²) in [4.78, 5) is 0. The molecule has 1 unspecified atom stereocenters. The predicted octanol–water partition coefficient (Wildman–Crippen LogP) is 3.73. The van der Waals surface area contributed by atoms with E-state index in [-0.39, 0.29) is 5.56 Å². The van der Waals surface area contributed by atoms with Crippen molar-refractivity contribution in [3.63, 3.8) is 0 Å². The first-order chi connectivity index (χ1) is 10.7. The van der Waals surface area contributed by atoms with Gasteiger partial charge in [0.1, 0.15) is 9.84 Å². The van der Waals surface area contributed by atoms with Crippen LogP contribution in [0.1, 0.15) is 23.1 Å². The van der Waals surface area contributed by atoms with Gasteiger partial charge in [0.05, 0.1) is 28.9 Å². The Kier molecular flexibility index (Phi) is 5.92. The molecule has 1 rings (SSSR count). The maximum Gasteiger partial charge on any atom is 0.417 e. The summed E-state index contributed by atoms with van der Waals surface area (Å²) in [6, 6.07) is 4.00. The molecule has 0 radical (unpaired) electrons. The number of benzene rings is 1. The lowest BCUT2D eigenvalue weighted by atomic mass is 9.97. The highest BCUT2D eigenvalue weighted by atomic mass is 32.2. The van der Waals surface area contributed by atoms with Crippen LogP contribution >= 0.6 is 0 Å². The van der Waals surface area contributed by atoms with E-state index >= 15 is 0 Å². The van der Waals surface area contributed by atoms with Crippen molar-refractivity contribution in [2.24, 2.45) is 5.92 Å². The molecule has 3 nitrogen and oxygen atoms in total. The van der Waals surface area contributed by atoms with Gasteiger partial charge in [0, 0.05) is 6.26 Å². The van der Waals surface area contributed by atoms with Crippen LogP contribution in [0.3, 0.4) is 0 Å². The highest BCUT2D eigenvalue weighted by Crippen LogP contribution is 2.34. The first-order valence-electron chi connectivity index (χ1n) is 6.58. The van der Waals surface area contributed by atoms with E-state index in [2.05, 4.69) is 0 Å². The molecule has 1 atom stereocenters. The minimum absolute atomic E-state index is 0.0518. The van der Waals surface area contributed by atoms with Gasteiger partial charge in [0.15, 0.2) is 0 Å². The molecule has 10 heteroatoms. The van der Waals surface area contributed by atoms with E-state index < -0.39 is 57.8 Å². The SMILES string of the molecule is CS(=O)(=O)CC(CCc1ccc(C#N)c(C(F)(F)F)c1)C(F)(F)F. The van der Waals surface area contributed by atoms with Gasteiger partial charge in [-0.2, -0.15) is 31.6 Å². The standard InChI is InChI=1S/C14H13F6NO2S/c1-24(22,23)8-11(13(15,16)17)5-3-9-2-4-10(7-21)12(6-9)14(18,19)20/h2,4,6,11H,3,5,8H2,1H3. The molecule has 0 spiro atoms. The van der Waals surface area contributed by atoms with Crippen LogP contribution < -0.4 is 0 Å². The second-order valence-electron chi connectivity index (χ2n) is 5.36. The third kappa shape index (κ3) is 6.03. The molecule has 0 aliphatic rings. The predicted molar refractivity (Wildman–Crippen MR) is 73.7 cm³/mol. The van der Waals surface area contributed by atoms with Crippen molar-refractivity contribution >= 4 is 9.84 Å². The number of aryl methyl sites for hydroxylation is 1. The Morgan fingerprint density at radius 2 is 1.75 bits per heavy atom. The lowest BCUT2D eigenvalue weighted by Gasteiger charge is -2.19. The number of alkyl halides is 6. The lowest BCUT2D eigenvalue weighted by molar-refractivity contribution is -0.169. The molecule has 0 fully saturated rings. The average Bonchev–Trinajstić information content (AvgIpc) is 2.39. The van der Waals surface area contributed by atoms with Crippen molar-refractivity contribution in [3.05, 3.63) is 34.9 Å².